The summed E-state index contributed by atoms with van der Waals surface area (Å²) in [7, 11) is -1.56. The summed E-state index contributed by atoms with van der Waals surface area (Å²) in [6.07, 6.45) is 1.74. The summed E-state index contributed by atoms with van der Waals surface area (Å²) in [6, 6.07) is 12.5. The Morgan fingerprint density at radius 3 is 2.59 bits per heavy atom. The third-order valence-corrected chi connectivity index (χ3v) is 6.93. The lowest BCUT2D eigenvalue weighted by Gasteiger charge is -2.31. The van der Waals surface area contributed by atoms with E-state index in [1.54, 1.807) is 12.1 Å². The highest BCUT2D eigenvalue weighted by Gasteiger charge is 2.38. The van der Waals surface area contributed by atoms with Gasteiger partial charge in [0.25, 0.3) is 0 Å². The molecular formula is C20H23N3O3S. The lowest BCUT2D eigenvalue weighted by atomic mass is 9.94. The quantitative estimate of drug-likeness (QED) is 0.848. The van der Waals surface area contributed by atoms with Crippen LogP contribution in [0.1, 0.15) is 42.1 Å². The summed E-state index contributed by atoms with van der Waals surface area (Å²) in [5, 5.41) is 2.64. The van der Waals surface area contributed by atoms with Crippen molar-refractivity contribution in [3.63, 3.8) is 0 Å². The number of likely N-dealkylation sites (N-methyl/N-ethyl adjacent to an activating group) is 1. The molecule has 7 heteroatoms. The Bertz CT molecular complexity index is 986. The maximum absolute atomic E-state index is 12.9. The minimum atomic E-state index is -3.65. The van der Waals surface area contributed by atoms with Gasteiger partial charge in [0.15, 0.2) is 0 Å². The molecule has 2 unspecified atom stereocenters. The molecule has 0 spiro atoms. The first-order valence-electron chi connectivity index (χ1n) is 9.07. The molecule has 2 atom stereocenters. The summed E-state index contributed by atoms with van der Waals surface area (Å²) in [5.74, 6) is -0.192. The van der Waals surface area contributed by atoms with Crippen LogP contribution in [0.3, 0.4) is 0 Å². The highest BCUT2D eigenvalue weighted by molar-refractivity contribution is 7.89. The average Bonchev–Trinajstić information content (AvgIpc) is 2.98. The van der Waals surface area contributed by atoms with Gasteiger partial charge < -0.3 is 5.32 Å². The zero-order chi connectivity index (χ0) is 19.2. The topological polar surface area (TPSA) is 78.5 Å². The minimum Gasteiger partial charge on any atom is -0.326 e. The summed E-state index contributed by atoms with van der Waals surface area (Å²) in [6.45, 7) is 2.41. The SMILES string of the molecule is CC(=O)Nc1ccc(S(=O)(=O)NC2CC3c4c(cccc42)CCN3C)cc1. The molecule has 1 aliphatic carbocycles. The third-order valence-electron chi connectivity index (χ3n) is 5.45. The predicted molar refractivity (Wildman–Crippen MR) is 104 cm³/mol. The molecule has 4 rings (SSSR count). The van der Waals surface area contributed by atoms with E-state index in [4.69, 9.17) is 0 Å². The number of sulfonamides is 1. The van der Waals surface area contributed by atoms with E-state index in [9.17, 15) is 13.2 Å². The first-order chi connectivity index (χ1) is 12.8. The number of nitrogens with zero attached hydrogens (tertiary/aromatic N) is 1. The molecule has 1 amide bonds. The third kappa shape index (κ3) is 3.38. The maximum Gasteiger partial charge on any atom is 0.241 e. The Kier molecular flexibility index (Phi) is 4.53. The molecule has 1 aliphatic heterocycles. The Balaban J connectivity index is 1.59. The lowest BCUT2D eigenvalue weighted by molar-refractivity contribution is -0.114. The monoisotopic (exact) mass is 385 g/mol. The van der Waals surface area contributed by atoms with Crippen molar-refractivity contribution in [1.29, 1.82) is 0 Å². The van der Waals surface area contributed by atoms with Crippen LogP contribution in [0.5, 0.6) is 0 Å². The number of anilines is 1. The molecule has 0 saturated heterocycles. The number of nitrogens with one attached hydrogen (secondary N) is 2. The van der Waals surface area contributed by atoms with Crippen molar-refractivity contribution in [2.24, 2.45) is 0 Å². The maximum atomic E-state index is 12.9. The van der Waals surface area contributed by atoms with Crippen molar-refractivity contribution in [2.45, 2.75) is 36.7 Å². The molecule has 2 aromatic rings. The lowest BCUT2D eigenvalue weighted by Crippen LogP contribution is -2.31. The Morgan fingerprint density at radius 1 is 1.15 bits per heavy atom. The van der Waals surface area contributed by atoms with Gasteiger partial charge in [-0.05, 0) is 60.8 Å². The summed E-state index contributed by atoms with van der Waals surface area (Å²) < 4.78 is 28.7. The molecule has 0 bridgehead atoms. The largest absolute Gasteiger partial charge is 0.326 e. The fourth-order valence-corrected chi connectivity index (χ4v) is 5.40. The van der Waals surface area contributed by atoms with Gasteiger partial charge in [-0.25, -0.2) is 13.1 Å². The van der Waals surface area contributed by atoms with Crippen molar-refractivity contribution >= 4 is 21.6 Å². The molecule has 6 nitrogen and oxygen atoms in total. The zero-order valence-corrected chi connectivity index (χ0v) is 16.2. The van der Waals surface area contributed by atoms with Crippen LogP contribution in [0, 0.1) is 0 Å². The molecule has 0 aromatic heterocycles. The van der Waals surface area contributed by atoms with Crippen molar-refractivity contribution in [1.82, 2.24) is 9.62 Å². The van der Waals surface area contributed by atoms with E-state index in [2.05, 4.69) is 28.1 Å². The van der Waals surface area contributed by atoms with Gasteiger partial charge in [-0.1, -0.05) is 18.2 Å². The number of hydrogen-bond acceptors (Lipinski definition) is 4. The zero-order valence-electron chi connectivity index (χ0n) is 15.4. The Labute approximate surface area is 159 Å². The van der Waals surface area contributed by atoms with Crippen LogP contribution in [-0.4, -0.2) is 32.8 Å². The smallest absolute Gasteiger partial charge is 0.241 e. The molecule has 2 aliphatic rings. The van der Waals surface area contributed by atoms with Gasteiger partial charge in [0.05, 0.1) is 4.90 Å². The van der Waals surface area contributed by atoms with Gasteiger partial charge >= 0.3 is 0 Å². The van der Waals surface area contributed by atoms with Gasteiger partial charge in [0, 0.05) is 31.2 Å². The van der Waals surface area contributed by atoms with Crippen LogP contribution in [-0.2, 0) is 21.2 Å². The van der Waals surface area contributed by atoms with Gasteiger partial charge in [0.1, 0.15) is 0 Å². The number of amides is 1. The predicted octanol–water partition coefficient (Wildman–Crippen LogP) is 2.60. The molecule has 2 aromatic carbocycles. The second-order valence-corrected chi connectivity index (χ2v) is 9.00. The van der Waals surface area contributed by atoms with E-state index < -0.39 is 10.0 Å². The van der Waals surface area contributed by atoms with Crippen LogP contribution >= 0.6 is 0 Å². The normalized spacial score (nSPS) is 21.7. The van der Waals surface area contributed by atoms with Crippen molar-refractivity contribution in [2.75, 3.05) is 18.9 Å². The fraction of sp³-hybridized carbons (Fsp3) is 0.350. The number of rotatable bonds is 4. The standard InChI is InChI=1S/C20H23N3O3S/c1-13(24)21-15-6-8-16(9-7-15)27(25,26)22-18-12-19-20-14(10-11-23(19)2)4-3-5-17(18)20/h3-9,18-19,22H,10-12H2,1-2H3,(H,21,24). The van der Waals surface area contributed by atoms with E-state index in [0.717, 1.165) is 24.9 Å². The molecule has 0 fully saturated rings. The Morgan fingerprint density at radius 2 is 1.89 bits per heavy atom. The van der Waals surface area contributed by atoms with Gasteiger partial charge in [0.2, 0.25) is 15.9 Å². The molecule has 142 valence electrons. The van der Waals surface area contributed by atoms with E-state index in [0.29, 0.717) is 5.69 Å². The summed E-state index contributed by atoms with van der Waals surface area (Å²) >= 11 is 0. The fourth-order valence-electron chi connectivity index (χ4n) is 4.17. The first-order valence-corrected chi connectivity index (χ1v) is 10.6. The van der Waals surface area contributed by atoms with Crippen LogP contribution in [0.15, 0.2) is 47.4 Å². The minimum absolute atomic E-state index is 0.192. The second-order valence-electron chi connectivity index (χ2n) is 7.28. The molecular weight excluding hydrogens is 362 g/mol. The summed E-state index contributed by atoms with van der Waals surface area (Å²) in [5.41, 5.74) is 4.28. The van der Waals surface area contributed by atoms with Crippen LogP contribution < -0.4 is 10.0 Å². The molecule has 27 heavy (non-hydrogen) atoms. The van der Waals surface area contributed by atoms with E-state index >= 15 is 0 Å². The summed E-state index contributed by atoms with van der Waals surface area (Å²) in [4.78, 5) is 13.6. The molecule has 0 radical (unpaired) electrons. The molecule has 1 heterocycles. The number of hydrogen-bond donors (Lipinski definition) is 2. The van der Waals surface area contributed by atoms with Crippen LogP contribution in [0.4, 0.5) is 5.69 Å². The van der Waals surface area contributed by atoms with Crippen LogP contribution in [0.25, 0.3) is 0 Å². The molecule has 0 saturated carbocycles. The van der Waals surface area contributed by atoms with E-state index in [1.807, 2.05) is 12.1 Å². The van der Waals surface area contributed by atoms with E-state index in [-0.39, 0.29) is 22.9 Å². The van der Waals surface area contributed by atoms with Gasteiger partial charge in [-0.3, -0.25) is 9.69 Å². The number of benzene rings is 2. The second kappa shape index (κ2) is 6.74. The first kappa shape index (κ1) is 18.2. The molecule has 2 N–H and O–H groups in total. The van der Waals surface area contributed by atoms with Gasteiger partial charge in [-0.2, -0.15) is 0 Å². The van der Waals surface area contributed by atoms with E-state index in [1.165, 1.54) is 30.2 Å². The highest BCUT2D eigenvalue weighted by atomic mass is 32.2. The van der Waals surface area contributed by atoms with Crippen molar-refractivity contribution < 1.29 is 13.2 Å². The number of carbonyl (C=O) groups is 1. The number of carbonyl (C=O) groups excluding carboxylic acids is 1. The van der Waals surface area contributed by atoms with Crippen molar-refractivity contribution in [3.05, 3.63) is 59.2 Å². The van der Waals surface area contributed by atoms with Crippen LogP contribution in [0.2, 0.25) is 0 Å². The van der Waals surface area contributed by atoms with Gasteiger partial charge in [-0.15, -0.1) is 0 Å². The highest BCUT2D eigenvalue weighted by Crippen LogP contribution is 2.46. The average molecular weight is 385 g/mol. The van der Waals surface area contributed by atoms with Crippen molar-refractivity contribution in [3.8, 4) is 0 Å². The Hall–Kier alpha value is -2.22.